The maximum Gasteiger partial charge on any atom is 0.344 e. The first-order valence-corrected chi connectivity index (χ1v) is 5.31. The number of hydrogen-bond acceptors (Lipinski definition) is 3. The molecule has 0 aliphatic heterocycles. The van der Waals surface area contributed by atoms with Crippen LogP contribution in [-0.4, -0.2) is 5.97 Å². The van der Waals surface area contributed by atoms with Crippen molar-refractivity contribution in [1.29, 1.82) is 0 Å². The van der Waals surface area contributed by atoms with Crippen LogP contribution in [0.2, 0.25) is 0 Å². The first-order valence-electron chi connectivity index (χ1n) is 5.31. The second kappa shape index (κ2) is 6.25. The number of esters is 1. The first kappa shape index (κ1) is 13.5. The topological polar surface area (TPSA) is 52.3 Å². The van der Waals surface area contributed by atoms with Gasteiger partial charge in [-0.3, -0.25) is 0 Å². The highest BCUT2D eigenvalue weighted by Crippen LogP contribution is 2.17. The number of hydrogen-bond donors (Lipinski definition) is 1. The van der Waals surface area contributed by atoms with Crippen LogP contribution >= 0.6 is 0 Å². The van der Waals surface area contributed by atoms with E-state index in [-0.39, 0.29) is 0 Å². The Morgan fingerprint density at radius 1 is 1.06 bits per heavy atom. The van der Waals surface area contributed by atoms with Crippen molar-refractivity contribution >= 4 is 11.7 Å². The van der Waals surface area contributed by atoms with Crippen LogP contribution in [0.1, 0.15) is 0 Å². The number of ether oxygens (including phenoxy) is 1. The number of carbonyl (C=O) groups excluding carboxylic acids is 1. The third-order valence-electron chi connectivity index (χ3n) is 2.27. The number of carbonyl (C=O) groups is 1. The van der Waals surface area contributed by atoms with Gasteiger partial charge in [-0.05, 0) is 29.8 Å². The summed E-state index contributed by atoms with van der Waals surface area (Å²) in [7, 11) is 0. The van der Waals surface area contributed by atoms with Crippen LogP contribution in [0.5, 0.6) is 5.75 Å². The molecule has 1 rings (SSSR count). The first-order chi connectivity index (χ1) is 8.62. The third-order valence-corrected chi connectivity index (χ3v) is 2.27. The van der Waals surface area contributed by atoms with E-state index in [4.69, 9.17) is 10.5 Å². The number of nitrogen functional groups attached to an aromatic ring is 1. The van der Waals surface area contributed by atoms with Gasteiger partial charge in [-0.2, -0.15) is 0 Å². The van der Waals surface area contributed by atoms with Crippen LogP contribution in [0.4, 0.5) is 5.69 Å². The third kappa shape index (κ3) is 3.22. The van der Waals surface area contributed by atoms with Crippen LogP contribution in [0.25, 0.3) is 0 Å². The molecule has 0 bridgehead atoms. The Morgan fingerprint density at radius 2 is 1.61 bits per heavy atom. The molecule has 0 unspecified atom stereocenters. The molecule has 2 N–H and O–H groups in total. The van der Waals surface area contributed by atoms with Crippen LogP contribution in [0.15, 0.2) is 73.4 Å². The Bertz CT molecular complexity index is 500. The van der Waals surface area contributed by atoms with E-state index in [1.165, 1.54) is 18.2 Å². The Kier molecular flexibility index (Phi) is 4.69. The van der Waals surface area contributed by atoms with Gasteiger partial charge in [0.05, 0.1) is 5.57 Å². The van der Waals surface area contributed by atoms with E-state index >= 15 is 0 Å². The molecular formula is C15H15NO2. The molecule has 1 aromatic carbocycles. The minimum atomic E-state index is -0.510. The fraction of sp³-hybridized carbons (Fsp3) is 0. The van der Waals surface area contributed by atoms with Gasteiger partial charge in [0.1, 0.15) is 5.75 Å². The molecule has 0 aliphatic carbocycles. The van der Waals surface area contributed by atoms with Gasteiger partial charge < -0.3 is 10.5 Å². The van der Waals surface area contributed by atoms with E-state index in [0.29, 0.717) is 22.6 Å². The SMILES string of the molecule is C=CC(C=C)=C(C=C)C(=O)Oc1ccc(N)cc1. The van der Waals surface area contributed by atoms with Gasteiger partial charge in [0.15, 0.2) is 0 Å². The molecule has 18 heavy (non-hydrogen) atoms. The normalized spacial score (nSPS) is 9.11. The molecule has 0 radical (unpaired) electrons. The van der Waals surface area contributed by atoms with E-state index in [9.17, 15) is 4.79 Å². The molecule has 0 aromatic heterocycles. The van der Waals surface area contributed by atoms with Crippen molar-refractivity contribution < 1.29 is 9.53 Å². The van der Waals surface area contributed by atoms with Crippen LogP contribution < -0.4 is 10.5 Å². The molecule has 0 amide bonds. The number of benzene rings is 1. The lowest BCUT2D eigenvalue weighted by atomic mass is 10.1. The largest absolute Gasteiger partial charge is 0.423 e. The molecule has 0 saturated carbocycles. The summed E-state index contributed by atoms with van der Waals surface area (Å²) in [6, 6.07) is 6.55. The highest BCUT2D eigenvalue weighted by Gasteiger charge is 2.11. The fourth-order valence-electron chi connectivity index (χ4n) is 1.32. The van der Waals surface area contributed by atoms with Crippen LogP contribution in [-0.2, 0) is 4.79 Å². The molecule has 0 saturated heterocycles. The quantitative estimate of drug-likeness (QED) is 0.283. The maximum atomic E-state index is 11.9. The Hall–Kier alpha value is -2.55. The zero-order chi connectivity index (χ0) is 13.5. The van der Waals surface area contributed by atoms with Crippen molar-refractivity contribution in [3.8, 4) is 5.75 Å². The summed E-state index contributed by atoms with van der Waals surface area (Å²) >= 11 is 0. The lowest BCUT2D eigenvalue weighted by Gasteiger charge is -2.07. The van der Waals surface area contributed by atoms with E-state index in [1.807, 2.05) is 0 Å². The van der Waals surface area contributed by atoms with Gasteiger partial charge in [-0.1, -0.05) is 38.0 Å². The Morgan fingerprint density at radius 3 is 2.06 bits per heavy atom. The van der Waals surface area contributed by atoms with Crippen molar-refractivity contribution in [2.24, 2.45) is 0 Å². The van der Waals surface area contributed by atoms with E-state index in [1.54, 1.807) is 24.3 Å². The predicted molar refractivity (Wildman–Crippen MR) is 74.1 cm³/mol. The summed E-state index contributed by atoms with van der Waals surface area (Å²) in [5.41, 5.74) is 7.04. The van der Waals surface area contributed by atoms with Gasteiger partial charge in [-0.25, -0.2) is 4.79 Å². The second-order valence-corrected chi connectivity index (χ2v) is 3.44. The molecular weight excluding hydrogens is 226 g/mol. The zero-order valence-electron chi connectivity index (χ0n) is 10.1. The molecule has 0 aliphatic rings. The highest BCUT2D eigenvalue weighted by atomic mass is 16.5. The summed E-state index contributed by atoms with van der Waals surface area (Å²) in [5.74, 6) is -0.0920. The zero-order valence-corrected chi connectivity index (χ0v) is 10.1. The van der Waals surface area contributed by atoms with Gasteiger partial charge >= 0.3 is 5.97 Å². The van der Waals surface area contributed by atoms with Gasteiger partial charge in [-0.15, -0.1) is 0 Å². The van der Waals surface area contributed by atoms with Gasteiger partial charge in [0, 0.05) is 5.69 Å². The van der Waals surface area contributed by atoms with E-state index < -0.39 is 5.97 Å². The van der Waals surface area contributed by atoms with Crippen molar-refractivity contribution in [2.45, 2.75) is 0 Å². The monoisotopic (exact) mass is 241 g/mol. The van der Waals surface area contributed by atoms with Crippen molar-refractivity contribution in [3.63, 3.8) is 0 Å². The summed E-state index contributed by atoms with van der Waals surface area (Å²) < 4.78 is 5.19. The molecule has 3 heteroatoms. The minimum Gasteiger partial charge on any atom is -0.423 e. The molecule has 0 atom stereocenters. The summed E-state index contributed by atoms with van der Waals surface area (Å²) in [6.07, 6.45) is 4.46. The predicted octanol–water partition coefficient (Wildman–Crippen LogP) is 3.03. The Balaban J connectivity index is 2.97. The lowest BCUT2D eigenvalue weighted by Crippen LogP contribution is -2.11. The average molecular weight is 241 g/mol. The molecule has 92 valence electrons. The maximum absolute atomic E-state index is 11.9. The number of allylic oxidation sites excluding steroid dienone is 3. The standard InChI is InChI=1S/C15H15NO2/c1-4-11(5-2)14(6-3)15(17)18-13-9-7-12(16)8-10-13/h4-10H,1-3,16H2. The van der Waals surface area contributed by atoms with Crippen LogP contribution in [0.3, 0.4) is 0 Å². The molecule has 0 heterocycles. The molecule has 0 fully saturated rings. The number of nitrogens with two attached hydrogens (primary N) is 1. The van der Waals surface area contributed by atoms with Gasteiger partial charge in [0.25, 0.3) is 0 Å². The minimum absolute atomic E-state index is 0.317. The average Bonchev–Trinajstić information content (AvgIpc) is 2.38. The van der Waals surface area contributed by atoms with Crippen molar-refractivity contribution in [2.75, 3.05) is 5.73 Å². The number of rotatable bonds is 5. The second-order valence-electron chi connectivity index (χ2n) is 3.44. The van der Waals surface area contributed by atoms with Crippen molar-refractivity contribution in [1.82, 2.24) is 0 Å². The van der Waals surface area contributed by atoms with E-state index in [0.717, 1.165) is 0 Å². The lowest BCUT2D eigenvalue weighted by molar-refractivity contribution is -0.129. The smallest absolute Gasteiger partial charge is 0.344 e. The fourth-order valence-corrected chi connectivity index (χ4v) is 1.32. The summed E-state index contributed by atoms with van der Waals surface area (Å²) in [6.45, 7) is 10.8. The summed E-state index contributed by atoms with van der Waals surface area (Å²) in [4.78, 5) is 11.9. The molecule has 1 aromatic rings. The molecule has 0 spiro atoms. The Labute approximate surface area is 107 Å². The molecule has 3 nitrogen and oxygen atoms in total. The summed E-state index contributed by atoms with van der Waals surface area (Å²) in [5, 5.41) is 0. The number of anilines is 1. The van der Waals surface area contributed by atoms with Crippen LogP contribution in [0, 0.1) is 0 Å². The van der Waals surface area contributed by atoms with E-state index in [2.05, 4.69) is 19.7 Å². The highest BCUT2D eigenvalue weighted by molar-refractivity contribution is 5.95. The van der Waals surface area contributed by atoms with Crippen molar-refractivity contribution in [3.05, 3.63) is 73.4 Å². The van der Waals surface area contributed by atoms with Gasteiger partial charge in [0.2, 0.25) is 0 Å².